The van der Waals surface area contributed by atoms with Crippen molar-refractivity contribution in [1.29, 1.82) is 0 Å². The third-order valence-electron chi connectivity index (χ3n) is 4.50. The molecular formula is C19H21ClN2O2S. The third-order valence-corrected chi connectivity index (χ3v) is 5.77. The molecule has 2 heterocycles. The van der Waals surface area contributed by atoms with Gasteiger partial charge < -0.3 is 9.80 Å². The summed E-state index contributed by atoms with van der Waals surface area (Å²) in [5.41, 5.74) is 2.49. The van der Waals surface area contributed by atoms with Crippen molar-refractivity contribution in [2.24, 2.45) is 0 Å². The van der Waals surface area contributed by atoms with E-state index in [4.69, 9.17) is 11.6 Å². The smallest absolute Gasteiger partial charge is 0.223 e. The van der Waals surface area contributed by atoms with Crippen LogP contribution in [-0.4, -0.2) is 42.8 Å². The summed E-state index contributed by atoms with van der Waals surface area (Å²) < 4.78 is 0.599. The van der Waals surface area contributed by atoms with Crippen LogP contribution in [0.2, 0.25) is 4.34 Å². The van der Waals surface area contributed by atoms with Gasteiger partial charge in [-0.05, 0) is 30.7 Å². The molecule has 2 aromatic rings. The van der Waals surface area contributed by atoms with E-state index in [2.05, 4.69) is 24.0 Å². The van der Waals surface area contributed by atoms with Gasteiger partial charge in [-0.3, -0.25) is 9.59 Å². The number of ketones is 1. The number of benzene rings is 1. The normalized spacial score (nSPS) is 14.6. The van der Waals surface area contributed by atoms with Crippen molar-refractivity contribution in [2.75, 3.05) is 31.1 Å². The highest BCUT2D eigenvalue weighted by molar-refractivity contribution is 7.18. The Morgan fingerprint density at radius 2 is 1.76 bits per heavy atom. The number of thiophene rings is 1. The van der Waals surface area contributed by atoms with Gasteiger partial charge in [-0.1, -0.05) is 29.8 Å². The Kier molecular flexibility index (Phi) is 5.76. The first-order valence-corrected chi connectivity index (χ1v) is 9.61. The van der Waals surface area contributed by atoms with Gasteiger partial charge in [0.05, 0.1) is 9.21 Å². The Morgan fingerprint density at radius 1 is 1.04 bits per heavy atom. The van der Waals surface area contributed by atoms with E-state index < -0.39 is 0 Å². The Labute approximate surface area is 157 Å². The zero-order valence-corrected chi connectivity index (χ0v) is 15.8. The van der Waals surface area contributed by atoms with Crippen LogP contribution in [0.5, 0.6) is 0 Å². The van der Waals surface area contributed by atoms with Gasteiger partial charge in [-0.2, -0.15) is 0 Å². The predicted octanol–water partition coefficient (Wildman–Crippen LogP) is 4.02. The molecule has 3 rings (SSSR count). The number of halogens is 1. The van der Waals surface area contributed by atoms with E-state index in [1.807, 2.05) is 17.0 Å². The number of carbonyl (C=O) groups is 2. The molecule has 4 nitrogen and oxygen atoms in total. The molecule has 0 spiro atoms. The topological polar surface area (TPSA) is 40.6 Å². The van der Waals surface area contributed by atoms with E-state index >= 15 is 0 Å². The minimum Gasteiger partial charge on any atom is -0.368 e. The number of amides is 1. The minimum absolute atomic E-state index is 0.0104. The largest absolute Gasteiger partial charge is 0.368 e. The molecule has 0 unspecified atom stereocenters. The zero-order chi connectivity index (χ0) is 17.8. The van der Waals surface area contributed by atoms with E-state index in [9.17, 15) is 9.59 Å². The Hall–Kier alpha value is -1.85. The molecule has 0 atom stereocenters. The van der Waals surface area contributed by atoms with Gasteiger partial charge in [-0.25, -0.2) is 0 Å². The van der Waals surface area contributed by atoms with Crippen LogP contribution in [-0.2, 0) is 4.79 Å². The first kappa shape index (κ1) is 18.0. The van der Waals surface area contributed by atoms with Gasteiger partial charge in [0, 0.05) is 44.7 Å². The number of carbonyl (C=O) groups excluding carboxylic acids is 2. The molecule has 25 heavy (non-hydrogen) atoms. The van der Waals surface area contributed by atoms with Gasteiger partial charge in [0.25, 0.3) is 0 Å². The molecule has 0 N–H and O–H groups in total. The fourth-order valence-electron chi connectivity index (χ4n) is 3.08. The van der Waals surface area contributed by atoms with Crippen molar-refractivity contribution in [1.82, 2.24) is 4.90 Å². The number of Topliss-reactive ketones (excluding diaryl/α,β-unsaturated/α-hetero) is 1. The molecule has 1 aliphatic heterocycles. The van der Waals surface area contributed by atoms with E-state index in [0.717, 1.165) is 13.1 Å². The van der Waals surface area contributed by atoms with Crippen molar-refractivity contribution in [3.05, 3.63) is 51.2 Å². The van der Waals surface area contributed by atoms with Crippen LogP contribution in [0.1, 0.15) is 28.1 Å². The summed E-state index contributed by atoms with van der Waals surface area (Å²) in [6.07, 6.45) is 0.506. The number of hydrogen-bond donors (Lipinski definition) is 0. The number of piperazine rings is 1. The standard InChI is InChI=1S/C19H21ClN2O2S/c1-14-4-2-3-5-15(14)21-10-12-22(13-11-21)19(24)9-6-16(23)17-7-8-18(20)25-17/h2-5,7-8H,6,9-13H2,1H3. The Bertz CT molecular complexity index is 766. The lowest BCUT2D eigenvalue weighted by Gasteiger charge is -2.36. The van der Waals surface area contributed by atoms with Crippen molar-refractivity contribution >= 4 is 40.3 Å². The predicted molar refractivity (Wildman–Crippen MR) is 103 cm³/mol. The summed E-state index contributed by atoms with van der Waals surface area (Å²) in [5.74, 6) is 0.0456. The average molecular weight is 377 g/mol. The number of aryl methyl sites for hydroxylation is 1. The Morgan fingerprint density at radius 3 is 2.40 bits per heavy atom. The second kappa shape index (κ2) is 8.02. The van der Waals surface area contributed by atoms with Gasteiger partial charge in [0.15, 0.2) is 5.78 Å². The average Bonchev–Trinajstić information content (AvgIpc) is 3.06. The van der Waals surface area contributed by atoms with Gasteiger partial charge in [0.1, 0.15) is 0 Å². The van der Waals surface area contributed by atoms with E-state index in [-0.39, 0.29) is 24.5 Å². The molecule has 1 aromatic heterocycles. The van der Waals surface area contributed by atoms with E-state index in [1.54, 1.807) is 12.1 Å². The fraction of sp³-hybridized carbons (Fsp3) is 0.368. The number of hydrogen-bond acceptors (Lipinski definition) is 4. The van der Waals surface area contributed by atoms with Crippen LogP contribution in [0, 0.1) is 6.92 Å². The van der Waals surface area contributed by atoms with E-state index in [1.165, 1.54) is 22.6 Å². The molecule has 1 aromatic carbocycles. The maximum Gasteiger partial charge on any atom is 0.223 e. The second-order valence-corrected chi connectivity index (χ2v) is 7.90. The summed E-state index contributed by atoms with van der Waals surface area (Å²) >= 11 is 7.12. The van der Waals surface area contributed by atoms with Crippen molar-refractivity contribution < 1.29 is 9.59 Å². The molecule has 1 aliphatic rings. The highest BCUT2D eigenvalue weighted by Crippen LogP contribution is 2.24. The highest BCUT2D eigenvalue weighted by atomic mass is 35.5. The second-order valence-electron chi connectivity index (χ2n) is 6.18. The van der Waals surface area contributed by atoms with Crippen LogP contribution in [0.25, 0.3) is 0 Å². The summed E-state index contributed by atoms with van der Waals surface area (Å²) in [4.78, 5) is 29.3. The van der Waals surface area contributed by atoms with Crippen LogP contribution in [0.15, 0.2) is 36.4 Å². The van der Waals surface area contributed by atoms with Gasteiger partial charge in [0.2, 0.25) is 5.91 Å². The third kappa shape index (κ3) is 4.41. The highest BCUT2D eigenvalue weighted by Gasteiger charge is 2.22. The lowest BCUT2D eigenvalue weighted by molar-refractivity contribution is -0.131. The zero-order valence-electron chi connectivity index (χ0n) is 14.2. The number of nitrogens with zero attached hydrogens (tertiary/aromatic N) is 2. The van der Waals surface area contributed by atoms with Gasteiger partial charge >= 0.3 is 0 Å². The minimum atomic E-state index is -0.0104. The maximum atomic E-state index is 12.4. The van der Waals surface area contributed by atoms with Crippen molar-refractivity contribution in [2.45, 2.75) is 19.8 Å². The maximum absolute atomic E-state index is 12.4. The van der Waals surface area contributed by atoms with Gasteiger partial charge in [-0.15, -0.1) is 11.3 Å². The van der Waals surface area contributed by atoms with Crippen molar-refractivity contribution in [3.8, 4) is 0 Å². The van der Waals surface area contributed by atoms with Crippen LogP contribution >= 0.6 is 22.9 Å². The molecule has 0 saturated carbocycles. The molecule has 0 radical (unpaired) electrons. The molecule has 1 saturated heterocycles. The summed E-state index contributed by atoms with van der Waals surface area (Å²) in [7, 11) is 0. The summed E-state index contributed by atoms with van der Waals surface area (Å²) in [6.45, 7) is 5.16. The molecular weight excluding hydrogens is 356 g/mol. The molecule has 1 amide bonds. The molecule has 0 bridgehead atoms. The van der Waals surface area contributed by atoms with Crippen molar-refractivity contribution in [3.63, 3.8) is 0 Å². The first-order valence-electron chi connectivity index (χ1n) is 8.41. The quantitative estimate of drug-likeness (QED) is 0.740. The number of rotatable bonds is 5. The first-order chi connectivity index (χ1) is 12.0. The molecule has 0 aliphatic carbocycles. The van der Waals surface area contributed by atoms with Crippen LogP contribution < -0.4 is 4.90 Å². The van der Waals surface area contributed by atoms with E-state index in [0.29, 0.717) is 22.3 Å². The Balaban J connectivity index is 1.48. The summed E-state index contributed by atoms with van der Waals surface area (Å²) in [6, 6.07) is 11.7. The molecule has 1 fully saturated rings. The monoisotopic (exact) mass is 376 g/mol. The SMILES string of the molecule is Cc1ccccc1N1CCN(C(=O)CCC(=O)c2ccc(Cl)s2)CC1. The lowest BCUT2D eigenvalue weighted by atomic mass is 10.1. The van der Waals surface area contributed by atoms with Crippen LogP contribution in [0.4, 0.5) is 5.69 Å². The van der Waals surface area contributed by atoms with Crippen LogP contribution in [0.3, 0.4) is 0 Å². The summed E-state index contributed by atoms with van der Waals surface area (Å²) in [5, 5.41) is 0. The fourth-order valence-corrected chi connectivity index (χ4v) is 4.09. The lowest BCUT2D eigenvalue weighted by Crippen LogP contribution is -2.49. The molecule has 132 valence electrons. The number of anilines is 1. The molecule has 6 heteroatoms. The number of para-hydroxylation sites is 1.